The van der Waals surface area contributed by atoms with Gasteiger partial charge in [-0.05, 0) is 54.8 Å². The third-order valence-corrected chi connectivity index (χ3v) is 13.8. The lowest BCUT2D eigenvalue weighted by Crippen LogP contribution is -2.82. The Bertz CT molecular complexity index is 2180. The number of aliphatic hydroxyl groups is 5. The highest BCUT2D eigenvalue weighted by atomic mass is 16.6. The molecule has 62 heavy (non-hydrogen) atoms. The van der Waals surface area contributed by atoms with Crippen LogP contribution >= 0.6 is 0 Å². The van der Waals surface area contributed by atoms with Crippen LogP contribution in [0.1, 0.15) is 86.7 Å². The summed E-state index contributed by atoms with van der Waals surface area (Å²) in [6, 6.07) is 23.2. The summed E-state index contributed by atoms with van der Waals surface area (Å²) in [7, 11) is 0. The van der Waals surface area contributed by atoms with E-state index in [2.05, 4.69) is 5.32 Å². The Morgan fingerprint density at radius 3 is 1.98 bits per heavy atom. The molecule has 13 atom stereocenters. The maximum atomic E-state index is 14.4. The standard InChI is InChI=1S/C47H55NO14/c1-25-31(60-43(56)36(52)35(28-16-10-7-11-17-28)48-41(54)29-18-12-8-13-19-29)23-47(57)40(61-42(55)30-20-14-9-15-21-30)38-45(6,32(51)22-33-46(38,24-58-33)62-27(3)50)39(53)37(59-26(2)49)34(25)44(47,4)5/h7-21,26,31-33,35-40,49,51-53,57H,22-24H2,1-6H3,(H,48,54)/t26-,31-,32-,33+,35-,36+,37?,38-,39+,40-,45+,46-,47+/m0/s1. The Kier molecular flexibility index (Phi) is 12.3. The molecule has 0 radical (unpaired) electrons. The molecule has 3 aliphatic carbocycles. The van der Waals surface area contributed by atoms with Crippen LogP contribution in [0.25, 0.3) is 0 Å². The first-order valence-corrected chi connectivity index (χ1v) is 20.8. The van der Waals surface area contributed by atoms with Gasteiger partial charge >= 0.3 is 17.9 Å². The summed E-state index contributed by atoms with van der Waals surface area (Å²) in [5, 5.41) is 64.1. The minimum atomic E-state index is -2.32. The molecule has 15 nitrogen and oxygen atoms in total. The second-order valence-corrected chi connectivity index (χ2v) is 17.7. The number of benzene rings is 3. The maximum absolute atomic E-state index is 14.4. The van der Waals surface area contributed by atoms with Crippen LogP contribution < -0.4 is 5.32 Å². The molecule has 1 saturated heterocycles. The van der Waals surface area contributed by atoms with Gasteiger partial charge in [0.2, 0.25) is 0 Å². The molecule has 15 heteroatoms. The summed E-state index contributed by atoms with van der Waals surface area (Å²) in [4.78, 5) is 55.1. The Hall–Kier alpha value is -5.00. The number of hydrogen-bond acceptors (Lipinski definition) is 14. The lowest BCUT2D eigenvalue weighted by Gasteiger charge is -2.69. The molecular formula is C47H55NO14. The molecule has 1 aliphatic heterocycles. The average molecular weight is 858 g/mol. The minimum Gasteiger partial charge on any atom is -0.456 e. The van der Waals surface area contributed by atoms with Crippen molar-refractivity contribution < 1.29 is 68.4 Å². The van der Waals surface area contributed by atoms with E-state index in [1.165, 1.54) is 32.9 Å². The molecule has 6 N–H and O–H groups in total. The topological polar surface area (TPSA) is 228 Å². The van der Waals surface area contributed by atoms with Gasteiger partial charge in [-0.15, -0.1) is 0 Å². The fraction of sp³-hybridized carbons (Fsp3) is 0.489. The lowest BCUT2D eigenvalue weighted by atomic mass is 9.44. The third-order valence-electron chi connectivity index (χ3n) is 13.8. The summed E-state index contributed by atoms with van der Waals surface area (Å²) in [6.45, 7) is 8.64. The molecule has 4 aliphatic rings. The van der Waals surface area contributed by atoms with E-state index in [0.717, 1.165) is 0 Å². The van der Waals surface area contributed by atoms with Gasteiger partial charge in [-0.2, -0.15) is 0 Å². The van der Waals surface area contributed by atoms with Crippen molar-refractivity contribution in [2.24, 2.45) is 16.7 Å². The monoisotopic (exact) mass is 857 g/mol. The number of carbonyl (C=O) groups is 4. The first-order chi connectivity index (χ1) is 29.3. The van der Waals surface area contributed by atoms with Crippen LogP contribution in [0.3, 0.4) is 0 Å². The summed E-state index contributed by atoms with van der Waals surface area (Å²) in [5.41, 5.74) is -6.19. The largest absolute Gasteiger partial charge is 0.456 e. The van der Waals surface area contributed by atoms with Crippen molar-refractivity contribution in [2.75, 3.05) is 6.61 Å². The number of esters is 3. The average Bonchev–Trinajstić information content (AvgIpc) is 3.24. The molecule has 3 aromatic carbocycles. The molecule has 0 aromatic heterocycles. The Morgan fingerprint density at radius 1 is 0.855 bits per heavy atom. The Balaban J connectivity index is 1.38. The van der Waals surface area contributed by atoms with Gasteiger partial charge in [-0.1, -0.05) is 87.5 Å². The van der Waals surface area contributed by atoms with Crippen molar-refractivity contribution in [1.82, 2.24) is 5.32 Å². The molecular weight excluding hydrogens is 803 g/mol. The van der Waals surface area contributed by atoms with Gasteiger partial charge in [0.05, 0.1) is 36.3 Å². The number of aliphatic hydroxyl groups excluding tert-OH is 4. The van der Waals surface area contributed by atoms with Gasteiger partial charge < -0.3 is 54.5 Å². The zero-order valence-electron chi connectivity index (χ0n) is 35.5. The minimum absolute atomic E-state index is 0.103. The quantitative estimate of drug-likeness (QED) is 0.0705. The van der Waals surface area contributed by atoms with Gasteiger partial charge in [-0.25, -0.2) is 9.59 Å². The molecule has 3 fully saturated rings. The van der Waals surface area contributed by atoms with E-state index in [1.807, 2.05) is 0 Å². The van der Waals surface area contributed by atoms with Crippen LogP contribution in [-0.4, -0.2) is 116 Å². The normalized spacial score (nSPS) is 33.7. The number of hydrogen-bond donors (Lipinski definition) is 6. The summed E-state index contributed by atoms with van der Waals surface area (Å²) < 4.78 is 30.8. The van der Waals surface area contributed by atoms with Gasteiger partial charge in [0.1, 0.15) is 30.0 Å². The summed E-state index contributed by atoms with van der Waals surface area (Å²) in [5.74, 6) is -4.82. The highest BCUT2D eigenvalue weighted by Crippen LogP contribution is 2.65. The third kappa shape index (κ3) is 7.52. The second kappa shape index (κ2) is 16.9. The number of fused-ring (bicyclic) bond motifs is 5. The van der Waals surface area contributed by atoms with Gasteiger partial charge in [0, 0.05) is 36.2 Å². The van der Waals surface area contributed by atoms with Crippen molar-refractivity contribution in [2.45, 2.75) is 121 Å². The number of ether oxygens (including phenoxy) is 5. The fourth-order valence-corrected chi connectivity index (χ4v) is 10.5. The zero-order valence-corrected chi connectivity index (χ0v) is 35.5. The van der Waals surface area contributed by atoms with E-state index >= 15 is 0 Å². The van der Waals surface area contributed by atoms with E-state index < -0.39 is 113 Å². The van der Waals surface area contributed by atoms with Crippen LogP contribution in [0.2, 0.25) is 0 Å². The van der Waals surface area contributed by atoms with E-state index in [-0.39, 0.29) is 35.3 Å². The second-order valence-electron chi connectivity index (χ2n) is 17.7. The van der Waals surface area contributed by atoms with Crippen LogP contribution in [0.4, 0.5) is 0 Å². The molecule has 1 unspecified atom stereocenters. The van der Waals surface area contributed by atoms with Crippen molar-refractivity contribution in [3.05, 3.63) is 119 Å². The van der Waals surface area contributed by atoms with E-state index in [1.54, 1.807) is 99.6 Å². The van der Waals surface area contributed by atoms with Crippen molar-refractivity contribution in [3.8, 4) is 0 Å². The van der Waals surface area contributed by atoms with E-state index in [4.69, 9.17) is 23.7 Å². The fourth-order valence-electron chi connectivity index (χ4n) is 10.5. The zero-order chi connectivity index (χ0) is 44.9. The van der Waals surface area contributed by atoms with E-state index in [0.29, 0.717) is 5.56 Å². The predicted octanol–water partition coefficient (Wildman–Crippen LogP) is 3.32. The lowest BCUT2D eigenvalue weighted by molar-refractivity contribution is -0.367. The smallest absolute Gasteiger partial charge is 0.338 e. The summed E-state index contributed by atoms with van der Waals surface area (Å²) >= 11 is 0. The van der Waals surface area contributed by atoms with Crippen LogP contribution in [-0.2, 0) is 33.3 Å². The molecule has 1 heterocycles. The number of rotatable bonds is 11. The molecule has 7 rings (SSSR count). The highest BCUT2D eigenvalue weighted by Gasteiger charge is 2.78. The van der Waals surface area contributed by atoms with Crippen molar-refractivity contribution in [3.63, 3.8) is 0 Å². The number of carbonyl (C=O) groups excluding carboxylic acids is 4. The number of nitrogens with one attached hydrogen (secondary N) is 1. The van der Waals surface area contributed by atoms with Gasteiger partial charge in [0.25, 0.3) is 5.91 Å². The van der Waals surface area contributed by atoms with Crippen LogP contribution in [0, 0.1) is 16.7 Å². The molecule has 0 spiro atoms. The molecule has 1 amide bonds. The molecule has 2 bridgehead atoms. The van der Waals surface area contributed by atoms with E-state index in [9.17, 15) is 44.7 Å². The van der Waals surface area contributed by atoms with Crippen LogP contribution in [0.15, 0.2) is 102 Å². The number of amides is 1. The maximum Gasteiger partial charge on any atom is 0.338 e. The Morgan fingerprint density at radius 2 is 1.44 bits per heavy atom. The SMILES string of the molecule is CC(=O)O[C@@]12CO[C@@H]1C[C@H](O)[C@@]1(C)[C@H](O)C(O[C@@H](C)O)C3=C(C)[C@@H](OC(=O)[C@H](O)[C@@H](NC(=O)c4ccccc4)c4ccccc4)C[C@@](O)([C@@H](OC(=O)c4ccccc4)[C@H]21)C3(C)C. The highest BCUT2D eigenvalue weighted by molar-refractivity contribution is 5.95. The van der Waals surface area contributed by atoms with Crippen LogP contribution in [0.5, 0.6) is 0 Å². The van der Waals surface area contributed by atoms with Crippen molar-refractivity contribution in [1.29, 1.82) is 0 Å². The molecule has 3 aromatic rings. The first kappa shape index (κ1) is 45.0. The molecule has 332 valence electrons. The summed E-state index contributed by atoms with van der Waals surface area (Å²) in [6.07, 6.45) is -13.0. The van der Waals surface area contributed by atoms with Gasteiger partial charge in [-0.3, -0.25) is 9.59 Å². The Labute approximate surface area is 359 Å². The van der Waals surface area contributed by atoms with Crippen molar-refractivity contribution >= 4 is 23.8 Å². The molecule has 2 saturated carbocycles. The van der Waals surface area contributed by atoms with Gasteiger partial charge in [0.15, 0.2) is 18.0 Å². The predicted molar refractivity (Wildman–Crippen MR) is 220 cm³/mol. The first-order valence-electron chi connectivity index (χ1n) is 20.8.